The van der Waals surface area contributed by atoms with Crippen molar-refractivity contribution in [2.45, 2.75) is 38.9 Å². The van der Waals surface area contributed by atoms with Crippen molar-refractivity contribution in [3.05, 3.63) is 29.3 Å². The first-order valence-electron chi connectivity index (χ1n) is 7.90. The summed E-state index contributed by atoms with van der Waals surface area (Å²) in [5.41, 5.74) is 2.76. The Morgan fingerprint density at radius 1 is 1.41 bits per heavy atom. The first-order valence-corrected chi connectivity index (χ1v) is 7.90. The summed E-state index contributed by atoms with van der Waals surface area (Å²) < 4.78 is 11.4. The van der Waals surface area contributed by atoms with Gasteiger partial charge in [0.1, 0.15) is 5.60 Å². The van der Waals surface area contributed by atoms with E-state index >= 15 is 0 Å². The van der Waals surface area contributed by atoms with Gasteiger partial charge in [0.25, 0.3) is 0 Å². The van der Waals surface area contributed by atoms with E-state index in [1.54, 1.807) is 4.90 Å². The highest BCUT2D eigenvalue weighted by Crippen LogP contribution is 2.37. The van der Waals surface area contributed by atoms with Crippen LogP contribution in [0.4, 0.5) is 10.5 Å². The van der Waals surface area contributed by atoms with Crippen LogP contribution >= 0.6 is 0 Å². The summed E-state index contributed by atoms with van der Waals surface area (Å²) in [5.74, 6) is 0. The zero-order valence-electron chi connectivity index (χ0n) is 13.5. The van der Waals surface area contributed by atoms with E-state index < -0.39 is 5.60 Å². The molecule has 120 valence electrons. The quantitative estimate of drug-likeness (QED) is 0.866. The number of rotatable bonds is 1. The van der Waals surface area contributed by atoms with Gasteiger partial charge in [0.05, 0.1) is 18.4 Å². The van der Waals surface area contributed by atoms with Crippen LogP contribution in [-0.4, -0.2) is 37.9 Å². The van der Waals surface area contributed by atoms with E-state index in [4.69, 9.17) is 9.47 Å². The smallest absolute Gasteiger partial charge is 0.414 e. The van der Waals surface area contributed by atoms with Gasteiger partial charge in [-0.2, -0.15) is 0 Å². The average molecular weight is 304 g/mol. The van der Waals surface area contributed by atoms with E-state index in [2.05, 4.69) is 17.4 Å². The van der Waals surface area contributed by atoms with Gasteiger partial charge in [0, 0.05) is 25.2 Å². The number of para-hydroxylation sites is 1. The molecular formula is C17H24N2O3. The van der Waals surface area contributed by atoms with Gasteiger partial charge in [-0.15, -0.1) is 0 Å². The summed E-state index contributed by atoms with van der Waals surface area (Å²) in [6.07, 6.45) is 0.581. The van der Waals surface area contributed by atoms with Gasteiger partial charge in [-0.05, 0) is 32.8 Å². The van der Waals surface area contributed by atoms with Gasteiger partial charge in [-0.1, -0.05) is 18.2 Å². The third kappa shape index (κ3) is 3.10. The average Bonchev–Trinajstić information content (AvgIpc) is 2.90. The van der Waals surface area contributed by atoms with Crippen LogP contribution < -0.4 is 10.2 Å². The van der Waals surface area contributed by atoms with Crippen LogP contribution in [0.5, 0.6) is 0 Å². The Morgan fingerprint density at radius 3 is 2.91 bits per heavy atom. The minimum atomic E-state index is -0.488. The van der Waals surface area contributed by atoms with Gasteiger partial charge in [-0.25, -0.2) is 4.79 Å². The van der Waals surface area contributed by atoms with Crippen molar-refractivity contribution in [3.8, 4) is 0 Å². The van der Waals surface area contributed by atoms with Crippen molar-refractivity contribution in [2.24, 2.45) is 0 Å². The summed E-state index contributed by atoms with van der Waals surface area (Å²) in [6.45, 7) is 8.69. The van der Waals surface area contributed by atoms with Gasteiger partial charge < -0.3 is 14.8 Å². The molecule has 0 saturated carbocycles. The number of benzene rings is 1. The highest BCUT2D eigenvalue weighted by molar-refractivity contribution is 5.92. The lowest BCUT2D eigenvalue weighted by atomic mass is 10.0. The largest absolute Gasteiger partial charge is 0.443 e. The Bertz CT molecular complexity index is 560. The lowest BCUT2D eigenvalue weighted by Crippen LogP contribution is -2.37. The van der Waals surface area contributed by atoms with Crippen LogP contribution in [0.3, 0.4) is 0 Å². The summed E-state index contributed by atoms with van der Waals surface area (Å²) in [7, 11) is 0. The van der Waals surface area contributed by atoms with Crippen molar-refractivity contribution >= 4 is 11.8 Å². The Hall–Kier alpha value is -1.59. The lowest BCUT2D eigenvalue weighted by Gasteiger charge is -2.29. The van der Waals surface area contributed by atoms with E-state index in [0.717, 1.165) is 30.8 Å². The number of carbonyl (C=O) groups is 1. The van der Waals surface area contributed by atoms with E-state index in [1.165, 1.54) is 5.56 Å². The highest BCUT2D eigenvalue weighted by Gasteiger charge is 2.33. The summed E-state index contributed by atoms with van der Waals surface area (Å²) in [6, 6.07) is 6.18. The molecule has 2 heterocycles. The van der Waals surface area contributed by atoms with Crippen LogP contribution in [0.15, 0.2) is 18.2 Å². The third-order valence-corrected chi connectivity index (χ3v) is 3.91. The minimum absolute atomic E-state index is 0.00765. The second-order valence-corrected chi connectivity index (χ2v) is 6.80. The van der Waals surface area contributed by atoms with E-state index in [-0.39, 0.29) is 12.2 Å². The van der Waals surface area contributed by atoms with E-state index in [9.17, 15) is 4.79 Å². The van der Waals surface area contributed by atoms with Crippen molar-refractivity contribution in [1.82, 2.24) is 5.32 Å². The minimum Gasteiger partial charge on any atom is -0.443 e. The Morgan fingerprint density at radius 2 is 2.23 bits per heavy atom. The summed E-state index contributed by atoms with van der Waals surface area (Å²) in [4.78, 5) is 14.3. The highest BCUT2D eigenvalue weighted by atomic mass is 16.6. The van der Waals surface area contributed by atoms with E-state index in [0.29, 0.717) is 13.2 Å². The number of hydrogen-bond acceptors (Lipinski definition) is 4. The number of anilines is 1. The predicted molar refractivity (Wildman–Crippen MR) is 85.3 cm³/mol. The fourth-order valence-electron chi connectivity index (χ4n) is 3.01. The molecule has 22 heavy (non-hydrogen) atoms. The van der Waals surface area contributed by atoms with Crippen molar-refractivity contribution < 1.29 is 14.3 Å². The lowest BCUT2D eigenvalue weighted by molar-refractivity contribution is 0.0278. The standard InChI is InChI=1S/C17H24N2O3/c1-17(2,3)22-16(20)19-9-7-12-5-4-6-13(15(12)19)14-11-18-8-10-21-14/h4-6,14,18H,7-11H2,1-3H3. The summed E-state index contributed by atoms with van der Waals surface area (Å²) >= 11 is 0. The molecule has 1 amide bonds. The van der Waals surface area contributed by atoms with Crippen LogP contribution in [-0.2, 0) is 15.9 Å². The summed E-state index contributed by atoms with van der Waals surface area (Å²) in [5, 5.41) is 3.35. The topological polar surface area (TPSA) is 50.8 Å². The molecule has 5 heteroatoms. The molecule has 0 bridgehead atoms. The number of carbonyl (C=O) groups excluding carboxylic acids is 1. The van der Waals surface area contributed by atoms with Gasteiger partial charge in [0.2, 0.25) is 0 Å². The molecule has 1 unspecified atom stereocenters. The molecule has 0 aliphatic carbocycles. The maximum Gasteiger partial charge on any atom is 0.414 e. The number of amides is 1. The number of nitrogens with zero attached hydrogens (tertiary/aromatic N) is 1. The first kappa shape index (κ1) is 15.3. The Balaban J connectivity index is 1.89. The third-order valence-electron chi connectivity index (χ3n) is 3.91. The Kier molecular flexibility index (Phi) is 4.10. The van der Waals surface area contributed by atoms with Gasteiger partial charge >= 0.3 is 6.09 Å². The molecule has 1 aromatic carbocycles. The van der Waals surface area contributed by atoms with Crippen molar-refractivity contribution in [3.63, 3.8) is 0 Å². The van der Waals surface area contributed by atoms with Crippen molar-refractivity contribution in [2.75, 3.05) is 31.1 Å². The van der Waals surface area contributed by atoms with Gasteiger partial charge in [0.15, 0.2) is 0 Å². The fourth-order valence-corrected chi connectivity index (χ4v) is 3.01. The number of morpholine rings is 1. The zero-order chi connectivity index (χ0) is 15.7. The van der Waals surface area contributed by atoms with Crippen LogP contribution in [0.25, 0.3) is 0 Å². The van der Waals surface area contributed by atoms with Crippen LogP contribution in [0.1, 0.15) is 38.0 Å². The molecule has 1 aromatic rings. The van der Waals surface area contributed by atoms with Gasteiger partial charge in [-0.3, -0.25) is 4.90 Å². The molecule has 3 rings (SSSR count). The normalized spacial score (nSPS) is 21.6. The number of ether oxygens (including phenoxy) is 2. The van der Waals surface area contributed by atoms with Crippen LogP contribution in [0.2, 0.25) is 0 Å². The van der Waals surface area contributed by atoms with Crippen molar-refractivity contribution in [1.29, 1.82) is 0 Å². The number of nitrogens with one attached hydrogen (secondary N) is 1. The molecule has 0 aromatic heterocycles. The monoisotopic (exact) mass is 304 g/mol. The number of fused-ring (bicyclic) bond motifs is 1. The Labute approximate surface area is 131 Å². The molecule has 1 N–H and O–H groups in total. The van der Waals surface area contributed by atoms with E-state index in [1.807, 2.05) is 26.8 Å². The molecule has 1 saturated heterocycles. The fraction of sp³-hybridized carbons (Fsp3) is 0.588. The maximum absolute atomic E-state index is 12.5. The SMILES string of the molecule is CC(C)(C)OC(=O)N1CCc2cccc(C3CNCCO3)c21. The maximum atomic E-state index is 12.5. The number of hydrogen-bond donors (Lipinski definition) is 1. The molecular weight excluding hydrogens is 280 g/mol. The molecule has 0 spiro atoms. The molecule has 2 aliphatic rings. The molecule has 5 nitrogen and oxygen atoms in total. The molecule has 2 aliphatic heterocycles. The predicted octanol–water partition coefficient (Wildman–Crippen LogP) is 2.65. The first-order chi connectivity index (χ1) is 10.5. The molecule has 1 fully saturated rings. The van der Waals surface area contributed by atoms with Crippen LogP contribution in [0, 0.1) is 0 Å². The second-order valence-electron chi connectivity index (χ2n) is 6.80. The zero-order valence-corrected chi connectivity index (χ0v) is 13.5. The molecule has 0 radical (unpaired) electrons. The molecule has 1 atom stereocenters. The second kappa shape index (κ2) is 5.89.